The molecule has 0 radical (unpaired) electrons. The molecule has 5 aliphatic rings. The Labute approximate surface area is 263 Å². The largest absolute Gasteiger partial charge is 0.508 e. The van der Waals surface area contributed by atoms with Crippen molar-refractivity contribution in [2.75, 3.05) is 44.2 Å². The van der Waals surface area contributed by atoms with Crippen LogP contribution in [0.3, 0.4) is 0 Å². The lowest BCUT2D eigenvalue weighted by atomic mass is 9.93. The molecule has 2 unspecified atom stereocenters. The highest BCUT2D eigenvalue weighted by molar-refractivity contribution is 6.03. The quantitative estimate of drug-likeness (QED) is 0.323. The van der Waals surface area contributed by atoms with Gasteiger partial charge in [-0.15, -0.1) is 0 Å². The first kappa shape index (κ1) is 29.2. The summed E-state index contributed by atoms with van der Waals surface area (Å²) in [5, 5.41) is 14.7. The van der Waals surface area contributed by atoms with Crippen molar-refractivity contribution in [2.45, 2.75) is 56.7 Å². The first-order valence-corrected chi connectivity index (χ1v) is 16.1. The number of nitrogens with one attached hydrogen (secondary N) is 1. The topological polar surface area (TPSA) is 104 Å². The van der Waals surface area contributed by atoms with Crippen molar-refractivity contribution in [1.82, 2.24) is 25.2 Å². The Hall–Kier alpha value is -4.19. The van der Waals surface area contributed by atoms with Gasteiger partial charge in [0.1, 0.15) is 41.4 Å². The second-order valence-corrected chi connectivity index (χ2v) is 13.3. The minimum atomic E-state index is -0.920. The highest BCUT2D eigenvalue weighted by Gasteiger charge is 2.49. The molecule has 7 heterocycles. The first-order valence-electron chi connectivity index (χ1n) is 16.1. The molecule has 3 atom stereocenters. The van der Waals surface area contributed by atoms with Crippen molar-refractivity contribution in [3.8, 4) is 23.0 Å². The Bertz CT molecular complexity index is 1870. The maximum Gasteiger partial charge on any atom is 0.319 e. The second-order valence-electron chi connectivity index (χ2n) is 13.3. The van der Waals surface area contributed by atoms with Gasteiger partial charge in [0, 0.05) is 49.9 Å². The minimum Gasteiger partial charge on any atom is -0.508 e. The summed E-state index contributed by atoms with van der Waals surface area (Å²) in [6, 6.07) is 5.53. The number of halogens is 3. The van der Waals surface area contributed by atoms with Crippen molar-refractivity contribution in [3.05, 3.63) is 47.7 Å². The van der Waals surface area contributed by atoms with E-state index in [1.54, 1.807) is 0 Å². The van der Waals surface area contributed by atoms with Gasteiger partial charge < -0.3 is 20.1 Å². The van der Waals surface area contributed by atoms with Crippen molar-refractivity contribution in [2.24, 2.45) is 5.92 Å². The molecule has 0 spiro atoms. The van der Waals surface area contributed by atoms with E-state index >= 15 is 8.78 Å². The molecule has 12 heteroatoms. The van der Waals surface area contributed by atoms with Gasteiger partial charge in [-0.3, -0.25) is 14.7 Å². The van der Waals surface area contributed by atoms with E-state index in [4.69, 9.17) is 9.72 Å². The summed E-state index contributed by atoms with van der Waals surface area (Å²) in [5.74, 6) is -1.14. The average molecular weight is 633 g/mol. The summed E-state index contributed by atoms with van der Waals surface area (Å²) in [6.07, 6.45) is 5.05. The van der Waals surface area contributed by atoms with Crippen LogP contribution in [-0.4, -0.2) is 81.9 Å². The van der Waals surface area contributed by atoms with Gasteiger partial charge >= 0.3 is 6.01 Å². The molecule has 2 N–H and O–H groups in total. The third-order valence-corrected chi connectivity index (χ3v) is 10.3. The van der Waals surface area contributed by atoms with E-state index in [9.17, 15) is 14.3 Å². The highest BCUT2D eigenvalue weighted by atomic mass is 19.1. The lowest BCUT2D eigenvalue weighted by Gasteiger charge is -2.34. The number of anilines is 1. The SMILES string of the molecule is O=C1Cc2c(F)ccc3cc(O)cc(c23)-c2ncc3c(nc(OCC45CCCN4C[C@H](F)C5)nc3c2F)N2CCCC(CCN1)C2. The van der Waals surface area contributed by atoms with E-state index < -0.39 is 23.3 Å². The smallest absolute Gasteiger partial charge is 0.319 e. The summed E-state index contributed by atoms with van der Waals surface area (Å²) in [6.45, 7) is 3.15. The summed E-state index contributed by atoms with van der Waals surface area (Å²) in [4.78, 5) is 31.2. The Morgan fingerprint density at radius 1 is 1.11 bits per heavy atom. The molecular formula is C34H35F3N6O3. The number of alkyl halides is 1. The van der Waals surface area contributed by atoms with Crippen LogP contribution in [0.25, 0.3) is 32.9 Å². The average Bonchev–Trinajstić information content (AvgIpc) is 3.56. The number of rotatable bonds is 3. The van der Waals surface area contributed by atoms with Gasteiger partial charge in [-0.1, -0.05) is 6.07 Å². The Kier molecular flexibility index (Phi) is 7.15. The monoisotopic (exact) mass is 632 g/mol. The van der Waals surface area contributed by atoms with Gasteiger partial charge in [0.2, 0.25) is 5.91 Å². The Morgan fingerprint density at radius 2 is 2.00 bits per heavy atom. The number of hydrogen-bond donors (Lipinski definition) is 2. The van der Waals surface area contributed by atoms with E-state index in [2.05, 4.69) is 25.1 Å². The molecule has 0 saturated carbocycles. The summed E-state index contributed by atoms with van der Waals surface area (Å²) in [5.41, 5.74) is -0.351. The molecule has 2 aromatic heterocycles. The van der Waals surface area contributed by atoms with E-state index in [-0.39, 0.29) is 59.0 Å². The van der Waals surface area contributed by atoms with Crippen LogP contribution in [0.2, 0.25) is 0 Å². The molecule has 240 valence electrons. The van der Waals surface area contributed by atoms with Gasteiger partial charge in [-0.05, 0) is 73.5 Å². The number of phenolic OH excluding ortho intramolecular Hbond substituents is 1. The molecule has 2 aromatic carbocycles. The first-order chi connectivity index (χ1) is 22.3. The number of fused-ring (bicyclic) bond motifs is 6. The van der Waals surface area contributed by atoms with Gasteiger partial charge in [0.15, 0.2) is 5.82 Å². The number of aromatic nitrogens is 3. The van der Waals surface area contributed by atoms with Gasteiger partial charge in [0.25, 0.3) is 0 Å². The zero-order chi connectivity index (χ0) is 31.6. The van der Waals surface area contributed by atoms with Crippen LogP contribution in [-0.2, 0) is 11.2 Å². The second kappa shape index (κ2) is 11.3. The number of ether oxygens (including phenoxy) is 1. The van der Waals surface area contributed by atoms with Crippen LogP contribution in [0.4, 0.5) is 19.0 Å². The van der Waals surface area contributed by atoms with E-state index in [0.717, 1.165) is 32.2 Å². The maximum absolute atomic E-state index is 16.9. The fourth-order valence-electron chi connectivity index (χ4n) is 8.15. The zero-order valence-corrected chi connectivity index (χ0v) is 25.4. The summed E-state index contributed by atoms with van der Waals surface area (Å²) >= 11 is 0. The molecule has 4 aromatic rings. The van der Waals surface area contributed by atoms with Crippen LogP contribution in [0.5, 0.6) is 11.8 Å². The molecule has 5 aliphatic heterocycles. The number of aromatic hydroxyl groups is 1. The number of phenols is 1. The Morgan fingerprint density at radius 3 is 2.89 bits per heavy atom. The van der Waals surface area contributed by atoms with Gasteiger partial charge in [0.05, 0.1) is 17.3 Å². The van der Waals surface area contributed by atoms with Crippen LogP contribution < -0.4 is 15.0 Å². The number of amides is 1. The number of nitrogens with zero attached hydrogens (tertiary/aromatic N) is 5. The molecule has 0 aliphatic carbocycles. The van der Waals surface area contributed by atoms with Crippen LogP contribution >= 0.6 is 0 Å². The fourth-order valence-corrected chi connectivity index (χ4v) is 8.15. The van der Waals surface area contributed by atoms with Crippen molar-refractivity contribution in [1.29, 1.82) is 0 Å². The van der Waals surface area contributed by atoms with E-state index in [0.29, 0.717) is 61.0 Å². The lowest BCUT2D eigenvalue weighted by Crippen LogP contribution is -2.43. The van der Waals surface area contributed by atoms with Crippen molar-refractivity contribution in [3.63, 3.8) is 0 Å². The number of pyridine rings is 1. The standard InChI is InChI=1S/C34H35F3N6O3/c35-21-14-34(7-2-10-43(34)17-21)18-46-33-40-31-25-15-39-30(29(31)37)24-12-22(44)11-20-4-5-26(36)23(28(20)24)13-27(45)38-8-6-19-3-1-9-42(16-19)32(25)41-33/h4-5,11-12,15,19,21,44H,1-3,6-10,13-14,16-18H2,(H,38,45)/t19?,21-,34?/m1/s1. The third-order valence-electron chi connectivity index (χ3n) is 10.3. The van der Waals surface area contributed by atoms with Gasteiger partial charge in [-0.25, -0.2) is 13.2 Å². The maximum atomic E-state index is 16.9. The molecular weight excluding hydrogens is 597 g/mol. The number of benzene rings is 2. The zero-order valence-electron chi connectivity index (χ0n) is 25.4. The minimum absolute atomic E-state index is 0.00471. The molecule has 3 saturated heterocycles. The summed E-state index contributed by atoms with van der Waals surface area (Å²) < 4.78 is 53.0. The predicted octanol–water partition coefficient (Wildman–Crippen LogP) is 5.06. The highest BCUT2D eigenvalue weighted by Crippen LogP contribution is 2.42. The summed E-state index contributed by atoms with van der Waals surface area (Å²) in [7, 11) is 0. The normalized spacial score (nSPS) is 25.0. The van der Waals surface area contributed by atoms with Crippen LogP contribution in [0.15, 0.2) is 30.5 Å². The molecule has 3 fully saturated rings. The molecule has 9 nitrogen and oxygen atoms in total. The van der Waals surface area contributed by atoms with E-state index in [1.165, 1.54) is 30.5 Å². The number of carbonyl (C=O) groups is 1. The van der Waals surface area contributed by atoms with Crippen molar-refractivity contribution < 1.29 is 27.8 Å². The van der Waals surface area contributed by atoms with E-state index in [1.807, 2.05) is 0 Å². The number of piperidine rings is 1. The van der Waals surface area contributed by atoms with Crippen molar-refractivity contribution >= 4 is 33.4 Å². The predicted molar refractivity (Wildman–Crippen MR) is 167 cm³/mol. The third kappa shape index (κ3) is 4.97. The van der Waals surface area contributed by atoms with Crippen LogP contribution in [0.1, 0.15) is 44.1 Å². The lowest BCUT2D eigenvalue weighted by molar-refractivity contribution is -0.120. The molecule has 6 bridgehead atoms. The Balaban J connectivity index is 1.31. The fraction of sp³-hybridized carbons (Fsp3) is 0.471. The molecule has 46 heavy (non-hydrogen) atoms. The number of carbonyl (C=O) groups excluding carboxylic acids is 1. The molecule has 9 rings (SSSR count). The number of hydrogen-bond acceptors (Lipinski definition) is 8. The molecule has 1 amide bonds. The van der Waals surface area contributed by atoms with Crippen LogP contribution in [0, 0.1) is 17.6 Å². The van der Waals surface area contributed by atoms with Gasteiger partial charge in [-0.2, -0.15) is 9.97 Å².